The minimum Gasteiger partial charge on any atom is -0.493 e. The van der Waals surface area contributed by atoms with E-state index in [2.05, 4.69) is 20.8 Å². The lowest BCUT2D eigenvalue weighted by Gasteiger charge is -2.18. The Morgan fingerprint density at radius 1 is 1.35 bits per heavy atom. The second kappa shape index (κ2) is 5.30. The number of halogens is 1. The van der Waals surface area contributed by atoms with Crippen LogP contribution in [0.3, 0.4) is 0 Å². The Morgan fingerprint density at radius 2 is 2.00 bits per heavy atom. The minimum absolute atomic E-state index is 0.115. The molecule has 2 nitrogen and oxygen atoms in total. The molecular formula is C14H19FO2. The van der Waals surface area contributed by atoms with E-state index in [0.717, 1.165) is 6.42 Å². The van der Waals surface area contributed by atoms with Gasteiger partial charge in [0.25, 0.3) is 0 Å². The summed E-state index contributed by atoms with van der Waals surface area (Å²) in [6.45, 7) is 8.24. The van der Waals surface area contributed by atoms with Gasteiger partial charge in [-0.1, -0.05) is 20.8 Å². The summed E-state index contributed by atoms with van der Waals surface area (Å²) in [6, 6.07) is 4.00. The molecule has 0 aliphatic heterocycles. The number of hydrogen-bond donors (Lipinski definition) is 0. The van der Waals surface area contributed by atoms with Crippen LogP contribution in [-0.2, 0) is 0 Å². The van der Waals surface area contributed by atoms with Crippen molar-refractivity contribution in [3.05, 3.63) is 29.6 Å². The molecule has 0 atom stereocenters. The maximum absolute atomic E-state index is 13.1. The Balaban J connectivity index is 2.75. The van der Waals surface area contributed by atoms with Crippen molar-refractivity contribution in [2.75, 3.05) is 6.61 Å². The predicted molar refractivity (Wildman–Crippen MR) is 66.0 cm³/mol. The lowest BCUT2D eigenvalue weighted by atomic mass is 9.93. The molecule has 0 heterocycles. The highest BCUT2D eigenvalue weighted by Crippen LogP contribution is 2.23. The van der Waals surface area contributed by atoms with Crippen LogP contribution in [0, 0.1) is 11.2 Å². The Labute approximate surface area is 102 Å². The normalized spacial score (nSPS) is 11.4. The lowest BCUT2D eigenvalue weighted by molar-refractivity contribution is 0.101. The van der Waals surface area contributed by atoms with Crippen LogP contribution in [-0.4, -0.2) is 12.4 Å². The molecule has 3 heteroatoms. The molecule has 0 aliphatic rings. The highest BCUT2D eigenvalue weighted by Gasteiger charge is 2.13. The summed E-state index contributed by atoms with van der Waals surface area (Å²) in [5, 5.41) is 0. The van der Waals surface area contributed by atoms with Crippen molar-refractivity contribution in [2.45, 2.75) is 34.1 Å². The quantitative estimate of drug-likeness (QED) is 0.745. The van der Waals surface area contributed by atoms with Crippen molar-refractivity contribution in [1.82, 2.24) is 0 Å². The molecule has 0 bridgehead atoms. The van der Waals surface area contributed by atoms with E-state index in [-0.39, 0.29) is 17.0 Å². The minimum atomic E-state index is -0.388. The summed E-state index contributed by atoms with van der Waals surface area (Å²) in [5.41, 5.74) is 0.587. The van der Waals surface area contributed by atoms with Gasteiger partial charge in [0, 0.05) is 6.07 Å². The predicted octanol–water partition coefficient (Wildman–Crippen LogP) is 3.84. The number of ketones is 1. The van der Waals surface area contributed by atoms with Gasteiger partial charge in [-0.25, -0.2) is 4.39 Å². The fourth-order valence-electron chi connectivity index (χ4n) is 1.37. The maximum Gasteiger partial charge on any atom is 0.163 e. The topological polar surface area (TPSA) is 26.3 Å². The van der Waals surface area contributed by atoms with E-state index in [1.807, 2.05) is 0 Å². The summed E-state index contributed by atoms with van der Waals surface area (Å²) in [7, 11) is 0. The number of hydrogen-bond acceptors (Lipinski definition) is 2. The van der Waals surface area contributed by atoms with Gasteiger partial charge in [-0.2, -0.15) is 0 Å². The Kier molecular flexibility index (Phi) is 4.27. The number of carbonyl (C=O) groups is 1. The second-order valence-corrected chi connectivity index (χ2v) is 5.36. The van der Waals surface area contributed by atoms with Crippen LogP contribution in [0.25, 0.3) is 0 Å². The van der Waals surface area contributed by atoms with Crippen molar-refractivity contribution < 1.29 is 13.9 Å². The number of Topliss-reactive ketones (excluding diaryl/α,β-unsaturated/α-hetero) is 1. The lowest BCUT2D eigenvalue weighted by Crippen LogP contribution is -2.12. The van der Waals surface area contributed by atoms with Gasteiger partial charge in [-0.05, 0) is 30.9 Å². The molecule has 0 radical (unpaired) electrons. The molecule has 94 valence electrons. The third-order valence-electron chi connectivity index (χ3n) is 2.43. The molecule has 0 saturated carbocycles. The van der Waals surface area contributed by atoms with Crippen LogP contribution >= 0.6 is 0 Å². The van der Waals surface area contributed by atoms with E-state index in [0.29, 0.717) is 17.9 Å². The molecule has 0 fully saturated rings. The Morgan fingerprint density at radius 3 is 2.53 bits per heavy atom. The first kappa shape index (κ1) is 13.7. The fraction of sp³-hybridized carbons (Fsp3) is 0.500. The monoisotopic (exact) mass is 238 g/mol. The van der Waals surface area contributed by atoms with Gasteiger partial charge in [0.15, 0.2) is 5.78 Å². The molecule has 0 N–H and O–H groups in total. The molecule has 0 aromatic heterocycles. The van der Waals surface area contributed by atoms with E-state index in [1.165, 1.54) is 25.1 Å². The summed E-state index contributed by atoms with van der Waals surface area (Å²) in [5.74, 6) is -0.168. The van der Waals surface area contributed by atoms with Gasteiger partial charge >= 0.3 is 0 Å². The smallest absolute Gasteiger partial charge is 0.163 e. The number of benzene rings is 1. The second-order valence-electron chi connectivity index (χ2n) is 5.36. The first-order valence-corrected chi connectivity index (χ1v) is 5.73. The molecule has 0 saturated heterocycles. The van der Waals surface area contributed by atoms with Crippen LogP contribution in [0.5, 0.6) is 5.75 Å². The average Bonchev–Trinajstić information content (AvgIpc) is 2.15. The third-order valence-corrected chi connectivity index (χ3v) is 2.43. The molecule has 0 unspecified atom stereocenters. The van der Waals surface area contributed by atoms with E-state index < -0.39 is 0 Å². The van der Waals surface area contributed by atoms with Crippen LogP contribution in [0.4, 0.5) is 4.39 Å². The molecule has 0 aliphatic carbocycles. The first-order valence-electron chi connectivity index (χ1n) is 5.73. The molecule has 1 rings (SSSR count). The summed E-state index contributed by atoms with van der Waals surface area (Å²) in [6.07, 6.45) is 0.848. The molecule has 0 amide bonds. The van der Waals surface area contributed by atoms with Gasteiger partial charge in [0.05, 0.1) is 12.2 Å². The zero-order chi connectivity index (χ0) is 13.1. The summed E-state index contributed by atoms with van der Waals surface area (Å²) >= 11 is 0. The average molecular weight is 238 g/mol. The van der Waals surface area contributed by atoms with Gasteiger partial charge in [0.2, 0.25) is 0 Å². The van der Waals surface area contributed by atoms with Crippen LogP contribution < -0.4 is 4.74 Å². The van der Waals surface area contributed by atoms with Crippen molar-refractivity contribution in [3.8, 4) is 5.75 Å². The molecule has 0 spiro atoms. The Bertz CT molecular complexity index is 405. The number of rotatable bonds is 4. The largest absolute Gasteiger partial charge is 0.493 e. The summed E-state index contributed by atoms with van der Waals surface area (Å²) in [4.78, 5) is 11.3. The van der Waals surface area contributed by atoms with Crippen molar-refractivity contribution in [1.29, 1.82) is 0 Å². The molecule has 1 aromatic rings. The highest BCUT2D eigenvalue weighted by molar-refractivity contribution is 5.96. The van der Waals surface area contributed by atoms with Crippen LogP contribution in [0.15, 0.2) is 18.2 Å². The zero-order valence-electron chi connectivity index (χ0n) is 10.8. The third kappa shape index (κ3) is 4.55. The number of carbonyl (C=O) groups excluding carboxylic acids is 1. The maximum atomic E-state index is 13.1. The standard InChI is InChI=1S/C14H19FO2/c1-10(16)12-6-5-11(15)9-13(12)17-8-7-14(2,3)4/h5-6,9H,7-8H2,1-4H3. The molecular weight excluding hydrogens is 219 g/mol. The van der Waals surface area contributed by atoms with E-state index >= 15 is 0 Å². The first-order chi connectivity index (χ1) is 7.79. The van der Waals surface area contributed by atoms with Crippen molar-refractivity contribution in [3.63, 3.8) is 0 Å². The highest BCUT2D eigenvalue weighted by atomic mass is 19.1. The van der Waals surface area contributed by atoms with Crippen LogP contribution in [0.2, 0.25) is 0 Å². The van der Waals surface area contributed by atoms with Gasteiger partial charge in [-0.15, -0.1) is 0 Å². The van der Waals surface area contributed by atoms with Gasteiger partial charge in [0.1, 0.15) is 11.6 Å². The van der Waals surface area contributed by atoms with E-state index in [9.17, 15) is 9.18 Å². The Hall–Kier alpha value is -1.38. The fourth-order valence-corrected chi connectivity index (χ4v) is 1.37. The van der Waals surface area contributed by atoms with E-state index in [4.69, 9.17) is 4.74 Å². The zero-order valence-corrected chi connectivity index (χ0v) is 10.8. The van der Waals surface area contributed by atoms with Crippen molar-refractivity contribution >= 4 is 5.78 Å². The molecule has 1 aromatic carbocycles. The number of ether oxygens (including phenoxy) is 1. The van der Waals surface area contributed by atoms with Gasteiger partial charge < -0.3 is 4.74 Å². The van der Waals surface area contributed by atoms with E-state index in [1.54, 1.807) is 0 Å². The summed E-state index contributed by atoms with van der Waals surface area (Å²) < 4.78 is 18.6. The van der Waals surface area contributed by atoms with Crippen molar-refractivity contribution in [2.24, 2.45) is 5.41 Å². The van der Waals surface area contributed by atoms with Gasteiger partial charge in [-0.3, -0.25) is 4.79 Å². The molecule has 17 heavy (non-hydrogen) atoms. The van der Waals surface area contributed by atoms with Crippen LogP contribution in [0.1, 0.15) is 44.5 Å². The SMILES string of the molecule is CC(=O)c1ccc(F)cc1OCCC(C)(C)C.